The van der Waals surface area contributed by atoms with E-state index in [-0.39, 0.29) is 5.97 Å². The Kier molecular flexibility index (Phi) is 2.28. The zero-order valence-electron chi connectivity index (χ0n) is 8.54. The molecule has 1 aliphatic heterocycles. The number of rotatable bonds is 1. The van der Waals surface area contributed by atoms with Gasteiger partial charge in [-0.2, -0.15) is 0 Å². The van der Waals surface area contributed by atoms with E-state index in [9.17, 15) is 4.79 Å². The van der Waals surface area contributed by atoms with Crippen molar-refractivity contribution in [2.45, 2.75) is 32.6 Å². The summed E-state index contributed by atoms with van der Waals surface area (Å²) in [6, 6.07) is 6.08. The molecule has 0 N–H and O–H groups in total. The average Bonchev–Trinajstić information content (AvgIpc) is 2.16. The first kappa shape index (κ1) is 9.25. The molecule has 0 aliphatic carbocycles. The summed E-state index contributed by atoms with van der Waals surface area (Å²) >= 11 is 0. The summed E-state index contributed by atoms with van der Waals surface area (Å²) in [5.41, 5.74) is 2.47. The van der Waals surface area contributed by atoms with E-state index < -0.39 is 0 Å². The molecule has 1 aliphatic rings. The molecule has 0 aromatic heterocycles. The number of hydrogen-bond acceptors (Lipinski definition) is 2. The minimum absolute atomic E-state index is 0.116. The Morgan fingerprint density at radius 1 is 1.29 bits per heavy atom. The SMILES string of the molecule is CC(C)c1ccc2c(c1)CCC(=O)O2. The van der Waals surface area contributed by atoms with Crippen molar-refractivity contribution >= 4 is 5.97 Å². The number of fused-ring (bicyclic) bond motifs is 1. The molecule has 0 radical (unpaired) electrons. The summed E-state index contributed by atoms with van der Waals surface area (Å²) in [6.07, 6.45) is 1.32. The molecule has 0 fully saturated rings. The second-order valence-corrected chi connectivity index (χ2v) is 4.00. The summed E-state index contributed by atoms with van der Waals surface area (Å²) in [4.78, 5) is 11.0. The number of carbonyl (C=O) groups is 1. The van der Waals surface area contributed by atoms with Gasteiger partial charge in [0.15, 0.2) is 0 Å². The molecule has 0 unspecified atom stereocenters. The first-order valence-corrected chi connectivity index (χ1v) is 5.00. The van der Waals surface area contributed by atoms with Crippen molar-refractivity contribution in [2.24, 2.45) is 0 Å². The van der Waals surface area contributed by atoms with Crippen molar-refractivity contribution in [3.8, 4) is 5.75 Å². The van der Waals surface area contributed by atoms with Gasteiger partial charge in [-0.15, -0.1) is 0 Å². The molecule has 1 aromatic carbocycles. The monoisotopic (exact) mass is 190 g/mol. The molecule has 1 heterocycles. The molecule has 0 bridgehead atoms. The quantitative estimate of drug-likeness (QED) is 0.502. The van der Waals surface area contributed by atoms with Crippen LogP contribution in [0.4, 0.5) is 0 Å². The van der Waals surface area contributed by atoms with Crippen LogP contribution in [0.1, 0.15) is 37.3 Å². The Morgan fingerprint density at radius 2 is 2.07 bits per heavy atom. The lowest BCUT2D eigenvalue weighted by atomic mass is 9.97. The molecule has 0 saturated carbocycles. The first-order chi connectivity index (χ1) is 6.66. The molecule has 0 spiro atoms. The smallest absolute Gasteiger partial charge is 0.311 e. The van der Waals surface area contributed by atoms with Crippen molar-refractivity contribution in [1.82, 2.24) is 0 Å². The largest absolute Gasteiger partial charge is 0.426 e. The molecule has 74 valence electrons. The maximum Gasteiger partial charge on any atom is 0.311 e. The number of aryl methyl sites for hydroxylation is 1. The van der Waals surface area contributed by atoms with E-state index in [4.69, 9.17) is 4.74 Å². The van der Waals surface area contributed by atoms with Crippen LogP contribution in [0.15, 0.2) is 18.2 Å². The van der Waals surface area contributed by atoms with Crippen molar-refractivity contribution in [3.63, 3.8) is 0 Å². The van der Waals surface area contributed by atoms with Gasteiger partial charge in [0.25, 0.3) is 0 Å². The Hall–Kier alpha value is -1.31. The summed E-state index contributed by atoms with van der Waals surface area (Å²) in [5, 5.41) is 0. The highest BCUT2D eigenvalue weighted by Crippen LogP contribution is 2.28. The van der Waals surface area contributed by atoms with Crippen LogP contribution in [-0.4, -0.2) is 5.97 Å². The fraction of sp³-hybridized carbons (Fsp3) is 0.417. The van der Waals surface area contributed by atoms with Gasteiger partial charge in [-0.1, -0.05) is 26.0 Å². The molecule has 2 heteroatoms. The normalized spacial score (nSPS) is 15.2. The summed E-state index contributed by atoms with van der Waals surface area (Å²) in [6.45, 7) is 4.33. The third kappa shape index (κ3) is 1.65. The number of benzene rings is 1. The Morgan fingerprint density at radius 3 is 2.79 bits per heavy atom. The summed E-state index contributed by atoms with van der Waals surface area (Å²) in [7, 11) is 0. The van der Waals surface area contributed by atoms with Crippen LogP contribution in [0, 0.1) is 0 Å². The highest BCUT2D eigenvalue weighted by molar-refractivity contribution is 5.75. The summed E-state index contributed by atoms with van der Waals surface area (Å²) in [5.74, 6) is 1.15. The van der Waals surface area contributed by atoms with Crippen LogP contribution in [0.3, 0.4) is 0 Å². The van der Waals surface area contributed by atoms with Gasteiger partial charge in [0.2, 0.25) is 0 Å². The highest BCUT2D eigenvalue weighted by Gasteiger charge is 2.17. The zero-order chi connectivity index (χ0) is 10.1. The van der Waals surface area contributed by atoms with Crippen LogP contribution >= 0.6 is 0 Å². The molecular weight excluding hydrogens is 176 g/mol. The van der Waals surface area contributed by atoms with E-state index in [1.165, 1.54) is 5.56 Å². The van der Waals surface area contributed by atoms with Gasteiger partial charge in [0, 0.05) is 0 Å². The van der Waals surface area contributed by atoms with Crippen LogP contribution < -0.4 is 4.74 Å². The van der Waals surface area contributed by atoms with Crippen molar-refractivity contribution in [3.05, 3.63) is 29.3 Å². The second-order valence-electron chi connectivity index (χ2n) is 4.00. The maximum absolute atomic E-state index is 11.0. The third-order valence-electron chi connectivity index (χ3n) is 2.57. The van der Waals surface area contributed by atoms with Crippen molar-refractivity contribution in [1.29, 1.82) is 0 Å². The van der Waals surface area contributed by atoms with Gasteiger partial charge < -0.3 is 4.74 Å². The van der Waals surface area contributed by atoms with E-state index in [2.05, 4.69) is 19.9 Å². The van der Waals surface area contributed by atoms with Crippen LogP contribution in [0.2, 0.25) is 0 Å². The number of esters is 1. The van der Waals surface area contributed by atoms with Crippen LogP contribution in [0.25, 0.3) is 0 Å². The second kappa shape index (κ2) is 3.45. The molecular formula is C12H14O2. The average molecular weight is 190 g/mol. The predicted molar refractivity (Wildman–Crippen MR) is 54.5 cm³/mol. The van der Waals surface area contributed by atoms with Gasteiger partial charge in [0.1, 0.15) is 5.75 Å². The van der Waals surface area contributed by atoms with E-state index in [0.29, 0.717) is 12.3 Å². The third-order valence-corrected chi connectivity index (χ3v) is 2.57. The van der Waals surface area contributed by atoms with Crippen molar-refractivity contribution in [2.75, 3.05) is 0 Å². The van der Waals surface area contributed by atoms with Crippen LogP contribution in [-0.2, 0) is 11.2 Å². The van der Waals surface area contributed by atoms with Gasteiger partial charge in [-0.25, -0.2) is 0 Å². The predicted octanol–water partition coefficient (Wildman–Crippen LogP) is 2.66. The zero-order valence-corrected chi connectivity index (χ0v) is 8.54. The Bertz CT molecular complexity index is 367. The number of ether oxygens (including phenoxy) is 1. The standard InChI is InChI=1S/C12H14O2/c1-8(2)9-3-5-11-10(7-9)4-6-12(13)14-11/h3,5,7-8H,4,6H2,1-2H3. The Balaban J connectivity index is 2.36. The van der Waals surface area contributed by atoms with Gasteiger partial charge >= 0.3 is 5.97 Å². The first-order valence-electron chi connectivity index (χ1n) is 5.00. The maximum atomic E-state index is 11.0. The minimum atomic E-state index is -0.116. The Labute approximate surface area is 83.9 Å². The van der Waals surface area contributed by atoms with Gasteiger partial charge in [-0.05, 0) is 29.5 Å². The number of carbonyl (C=O) groups excluding carboxylic acids is 1. The molecule has 1 aromatic rings. The molecule has 0 amide bonds. The minimum Gasteiger partial charge on any atom is -0.426 e. The van der Waals surface area contributed by atoms with E-state index >= 15 is 0 Å². The molecule has 2 rings (SSSR count). The highest BCUT2D eigenvalue weighted by atomic mass is 16.5. The molecule has 2 nitrogen and oxygen atoms in total. The van der Waals surface area contributed by atoms with E-state index in [1.807, 2.05) is 12.1 Å². The molecule has 0 saturated heterocycles. The lowest BCUT2D eigenvalue weighted by molar-refractivity contribution is -0.135. The lowest BCUT2D eigenvalue weighted by Crippen LogP contribution is -2.15. The fourth-order valence-electron chi connectivity index (χ4n) is 1.66. The van der Waals surface area contributed by atoms with Crippen LogP contribution in [0.5, 0.6) is 5.75 Å². The molecule has 0 atom stereocenters. The lowest BCUT2D eigenvalue weighted by Gasteiger charge is -2.17. The molecule has 14 heavy (non-hydrogen) atoms. The van der Waals surface area contributed by atoms with E-state index in [1.54, 1.807) is 0 Å². The van der Waals surface area contributed by atoms with Crippen molar-refractivity contribution < 1.29 is 9.53 Å². The fourth-order valence-corrected chi connectivity index (χ4v) is 1.66. The summed E-state index contributed by atoms with van der Waals surface area (Å²) < 4.78 is 5.13. The van der Waals surface area contributed by atoms with Gasteiger partial charge in [0.05, 0.1) is 6.42 Å². The van der Waals surface area contributed by atoms with E-state index in [0.717, 1.165) is 17.7 Å². The topological polar surface area (TPSA) is 26.3 Å². The number of hydrogen-bond donors (Lipinski definition) is 0. The van der Waals surface area contributed by atoms with Gasteiger partial charge in [-0.3, -0.25) is 4.79 Å².